The number of rotatable bonds is 4. The van der Waals surface area contributed by atoms with Crippen molar-refractivity contribution in [1.29, 1.82) is 0 Å². The van der Waals surface area contributed by atoms with E-state index in [0.29, 0.717) is 12.2 Å². The smallest absolute Gasteiger partial charge is 0.232 e. The van der Waals surface area contributed by atoms with E-state index in [1.807, 2.05) is 0 Å². The molecule has 0 radical (unpaired) electrons. The van der Waals surface area contributed by atoms with Crippen molar-refractivity contribution >= 4 is 19.0 Å². The van der Waals surface area contributed by atoms with Gasteiger partial charge in [0.2, 0.25) is 7.58 Å². The summed E-state index contributed by atoms with van der Waals surface area (Å²) in [6, 6.07) is 0. The van der Waals surface area contributed by atoms with Crippen molar-refractivity contribution in [1.82, 2.24) is 12.3 Å². The molecule has 7 heteroatoms. The van der Waals surface area contributed by atoms with Gasteiger partial charge in [-0.15, -0.1) is 0 Å². The third-order valence-corrected chi connectivity index (χ3v) is 2.45. The predicted molar refractivity (Wildman–Crippen MR) is 45.6 cm³/mol. The van der Waals surface area contributed by atoms with Crippen LogP contribution in [0.25, 0.3) is 0 Å². The molecule has 0 aromatic rings. The lowest BCUT2D eigenvalue weighted by Gasteiger charge is -1.97. The van der Waals surface area contributed by atoms with Gasteiger partial charge in [-0.25, -0.2) is 0 Å². The van der Waals surface area contributed by atoms with Gasteiger partial charge >= 0.3 is 0 Å². The summed E-state index contributed by atoms with van der Waals surface area (Å²) in [6.07, 6.45) is 0.630. The quantitative estimate of drug-likeness (QED) is 0.326. The molecule has 0 fully saturated rings. The average Bonchev–Trinajstić information content (AvgIpc) is 1.66. The van der Waals surface area contributed by atoms with Gasteiger partial charge in [0.05, 0.1) is 0 Å². The molecular formula is C3H15N2O3PS. The molecule has 0 atom stereocenters. The van der Waals surface area contributed by atoms with E-state index in [-0.39, 0.29) is 18.9 Å². The molecule has 0 heterocycles. The summed E-state index contributed by atoms with van der Waals surface area (Å²) < 4.78 is 0. The van der Waals surface area contributed by atoms with Gasteiger partial charge in [0.1, 0.15) is 0 Å². The highest BCUT2D eigenvalue weighted by Crippen LogP contribution is 2.40. The van der Waals surface area contributed by atoms with Crippen LogP contribution in [0.5, 0.6) is 0 Å². The summed E-state index contributed by atoms with van der Waals surface area (Å²) in [5, 5.41) is 8.21. The first-order valence-electron chi connectivity index (χ1n) is 2.19. The second kappa shape index (κ2) is 12.3. The molecule has 0 saturated heterocycles. The van der Waals surface area contributed by atoms with E-state index < -0.39 is 7.58 Å². The van der Waals surface area contributed by atoms with Crippen LogP contribution in [0.3, 0.4) is 0 Å². The molecule has 0 aromatic heterocycles. The van der Waals surface area contributed by atoms with Gasteiger partial charge in [0, 0.05) is 12.4 Å². The van der Waals surface area contributed by atoms with Gasteiger partial charge in [0.15, 0.2) is 0 Å². The lowest BCUT2D eigenvalue weighted by Crippen LogP contribution is -1.83. The Bertz CT molecular complexity index is 59.0. The van der Waals surface area contributed by atoms with Crippen LogP contribution in [0.1, 0.15) is 6.42 Å². The fourth-order valence-corrected chi connectivity index (χ4v) is 1.51. The van der Waals surface area contributed by atoms with Crippen molar-refractivity contribution in [3.63, 3.8) is 0 Å². The molecule has 9 N–H and O–H groups in total. The molecular weight excluding hydrogens is 175 g/mol. The minimum Gasteiger partial charge on any atom is -0.396 e. The third-order valence-electron chi connectivity index (χ3n) is 0.509. The van der Waals surface area contributed by atoms with Gasteiger partial charge in [-0.3, -0.25) is 0 Å². The molecule has 0 rings (SSSR count). The predicted octanol–water partition coefficient (Wildman–Crippen LogP) is 0.637. The zero-order chi connectivity index (χ0) is 6.41. The van der Waals surface area contributed by atoms with Crippen molar-refractivity contribution in [2.75, 3.05) is 12.4 Å². The second-order valence-electron chi connectivity index (χ2n) is 1.16. The summed E-state index contributed by atoms with van der Waals surface area (Å²) in [7, 11) is -1.81. The van der Waals surface area contributed by atoms with E-state index in [2.05, 4.69) is 0 Å². The van der Waals surface area contributed by atoms with E-state index in [9.17, 15) is 0 Å². The van der Waals surface area contributed by atoms with E-state index >= 15 is 0 Å². The number of hydrogen-bond acceptors (Lipinski definition) is 6. The number of aliphatic hydroxyl groups excluding tert-OH is 1. The molecule has 0 aliphatic carbocycles. The van der Waals surface area contributed by atoms with Crippen LogP contribution in [0.2, 0.25) is 0 Å². The Morgan fingerprint density at radius 2 is 1.70 bits per heavy atom. The monoisotopic (exact) mass is 190 g/mol. The van der Waals surface area contributed by atoms with Crippen LogP contribution in [-0.2, 0) is 0 Å². The molecule has 0 unspecified atom stereocenters. The van der Waals surface area contributed by atoms with Crippen LogP contribution in [0, 0.1) is 0 Å². The summed E-state index contributed by atoms with van der Waals surface area (Å²) in [5.41, 5.74) is 0. The fourth-order valence-electron chi connectivity index (χ4n) is 0.211. The van der Waals surface area contributed by atoms with Gasteiger partial charge in [0.25, 0.3) is 0 Å². The third kappa shape index (κ3) is 15.8. The second-order valence-corrected chi connectivity index (χ2v) is 4.09. The van der Waals surface area contributed by atoms with Crippen molar-refractivity contribution in [3.05, 3.63) is 0 Å². The molecule has 5 nitrogen and oxygen atoms in total. The standard InChI is InChI=1S/C3H9O3PS.2H3N/c4-2-1-3-8-7(5)6;;/h4-6H,1-3H2;2*1H3. The van der Waals surface area contributed by atoms with E-state index in [0.717, 1.165) is 11.4 Å². The average molecular weight is 190 g/mol. The van der Waals surface area contributed by atoms with Gasteiger partial charge in [-0.1, -0.05) is 11.4 Å². The molecule has 0 spiro atoms. The maximum absolute atomic E-state index is 8.28. The number of hydrogen-bond donors (Lipinski definition) is 5. The molecule has 0 saturated carbocycles. The molecule has 0 aliphatic rings. The van der Waals surface area contributed by atoms with Crippen LogP contribution in [0.15, 0.2) is 0 Å². The first kappa shape index (κ1) is 16.9. The van der Waals surface area contributed by atoms with Crippen LogP contribution in [0.4, 0.5) is 0 Å². The fraction of sp³-hybridized carbons (Fsp3) is 1.00. The van der Waals surface area contributed by atoms with Crippen molar-refractivity contribution in [2.45, 2.75) is 6.42 Å². The minimum absolute atomic E-state index is 0. The van der Waals surface area contributed by atoms with Gasteiger partial charge in [-0.2, -0.15) is 0 Å². The summed E-state index contributed by atoms with van der Waals surface area (Å²) >= 11 is 1.07. The first-order chi connectivity index (χ1) is 3.77. The summed E-state index contributed by atoms with van der Waals surface area (Å²) in [6.45, 7) is 0.121. The first-order valence-corrected chi connectivity index (χ1v) is 5.03. The highest BCUT2D eigenvalue weighted by atomic mass is 32.7. The Kier molecular flexibility index (Phi) is 20.7. The molecule has 0 bridgehead atoms. The van der Waals surface area contributed by atoms with E-state index in [1.54, 1.807) is 0 Å². The SMILES string of the molecule is N.N.OCCCSP(O)O. The molecule has 0 amide bonds. The highest BCUT2D eigenvalue weighted by molar-refractivity contribution is 8.52. The van der Waals surface area contributed by atoms with Crippen molar-refractivity contribution in [2.24, 2.45) is 0 Å². The summed E-state index contributed by atoms with van der Waals surface area (Å²) in [5.74, 6) is 0.620. The summed E-state index contributed by atoms with van der Waals surface area (Å²) in [4.78, 5) is 16.6. The molecule has 66 valence electrons. The normalized spacial score (nSPS) is 8.40. The lowest BCUT2D eigenvalue weighted by molar-refractivity contribution is 0.296. The zero-order valence-electron chi connectivity index (χ0n) is 5.73. The lowest BCUT2D eigenvalue weighted by atomic mass is 10.5. The van der Waals surface area contributed by atoms with Gasteiger partial charge in [-0.05, 0) is 6.42 Å². The highest BCUT2D eigenvalue weighted by Gasteiger charge is 1.96. The maximum Gasteiger partial charge on any atom is 0.232 e. The van der Waals surface area contributed by atoms with Crippen LogP contribution < -0.4 is 12.3 Å². The van der Waals surface area contributed by atoms with E-state index in [1.165, 1.54) is 0 Å². The maximum atomic E-state index is 8.28. The van der Waals surface area contributed by atoms with Crippen molar-refractivity contribution in [3.8, 4) is 0 Å². The molecule has 0 aliphatic heterocycles. The molecule has 10 heavy (non-hydrogen) atoms. The minimum atomic E-state index is -1.81. The van der Waals surface area contributed by atoms with Crippen LogP contribution in [-0.4, -0.2) is 27.3 Å². The Labute approximate surface area is 65.7 Å². The van der Waals surface area contributed by atoms with E-state index in [4.69, 9.17) is 14.9 Å². The van der Waals surface area contributed by atoms with Crippen LogP contribution >= 0.6 is 19.0 Å². The topological polar surface area (TPSA) is 131 Å². The Morgan fingerprint density at radius 3 is 2.00 bits per heavy atom. The molecule has 0 aromatic carbocycles. The Balaban J connectivity index is -0.000000245. The number of aliphatic hydroxyl groups is 1. The zero-order valence-corrected chi connectivity index (χ0v) is 7.44. The van der Waals surface area contributed by atoms with Gasteiger partial charge < -0.3 is 27.2 Å². The Morgan fingerprint density at radius 1 is 1.20 bits per heavy atom. The Hall–Kier alpha value is 0.580. The van der Waals surface area contributed by atoms with Crippen molar-refractivity contribution < 1.29 is 14.9 Å². The largest absolute Gasteiger partial charge is 0.396 e.